The van der Waals surface area contributed by atoms with Gasteiger partial charge >= 0.3 is 0 Å². The van der Waals surface area contributed by atoms with Crippen LogP contribution < -0.4 is 0 Å². The third kappa shape index (κ3) is 6.62. The van der Waals surface area contributed by atoms with Crippen LogP contribution in [0.25, 0.3) is 0 Å². The molecule has 2 heteroatoms. The van der Waals surface area contributed by atoms with Crippen LogP contribution in [0.15, 0.2) is 67.5 Å². The first-order valence-corrected chi connectivity index (χ1v) is 5.01. The van der Waals surface area contributed by atoms with Gasteiger partial charge in [-0.15, -0.1) is 0 Å². The van der Waals surface area contributed by atoms with E-state index in [4.69, 9.17) is 4.74 Å². The number of hydrogen-bond acceptors (Lipinski definition) is 1. The zero-order valence-corrected chi connectivity index (χ0v) is 9.30. The van der Waals surface area contributed by atoms with Crippen molar-refractivity contribution in [1.29, 1.82) is 0 Å². The monoisotopic (exact) mass is 218 g/mol. The van der Waals surface area contributed by atoms with Crippen molar-refractivity contribution in [1.82, 2.24) is 0 Å². The highest BCUT2D eigenvalue weighted by molar-refractivity contribution is 5.17. The minimum absolute atomic E-state index is 0. The molecule has 0 radical (unpaired) electrons. The van der Waals surface area contributed by atoms with Crippen molar-refractivity contribution in [2.45, 2.75) is 6.42 Å². The lowest BCUT2D eigenvalue weighted by atomic mass is 10.2. The maximum absolute atomic E-state index is 5.24. The molecule has 0 fully saturated rings. The molecule has 0 spiro atoms. The van der Waals surface area contributed by atoms with E-state index in [1.165, 1.54) is 5.56 Å². The summed E-state index contributed by atoms with van der Waals surface area (Å²) in [4.78, 5) is 0. The number of rotatable bonds is 6. The van der Waals surface area contributed by atoms with E-state index in [2.05, 4.69) is 18.7 Å². The van der Waals surface area contributed by atoms with Crippen molar-refractivity contribution in [2.24, 2.45) is 0 Å². The predicted molar refractivity (Wildman–Crippen MR) is 68.2 cm³/mol. The lowest BCUT2D eigenvalue weighted by molar-refractivity contribution is 0.288. The van der Waals surface area contributed by atoms with Crippen molar-refractivity contribution < 1.29 is 10.2 Å². The summed E-state index contributed by atoms with van der Waals surface area (Å²) in [6.45, 7) is 4.17. The number of allylic oxidation sites excluding steroid dienone is 3. The van der Waals surface area contributed by atoms with Gasteiger partial charge in [0, 0.05) is 0 Å². The number of ether oxygens (including phenoxy) is 1. The molecule has 0 aliphatic carbocycles. The van der Waals surface area contributed by atoms with Crippen molar-refractivity contribution in [3.63, 3.8) is 0 Å². The fraction of sp³-hybridized carbons (Fsp3) is 0.143. The van der Waals surface area contributed by atoms with Gasteiger partial charge in [-0.05, 0) is 24.1 Å². The van der Waals surface area contributed by atoms with Gasteiger partial charge < -0.3 is 10.2 Å². The van der Waals surface area contributed by atoms with Crippen LogP contribution in [-0.4, -0.2) is 12.1 Å². The number of hydrogen-bond donors (Lipinski definition) is 0. The Morgan fingerprint density at radius 3 is 2.56 bits per heavy atom. The van der Waals surface area contributed by atoms with E-state index in [1.807, 2.05) is 36.4 Å². The van der Waals surface area contributed by atoms with Crippen molar-refractivity contribution >= 4 is 0 Å². The van der Waals surface area contributed by atoms with Gasteiger partial charge in [-0.3, -0.25) is 0 Å². The lowest BCUT2D eigenvalue weighted by Crippen LogP contribution is -1.82. The Labute approximate surface area is 96.9 Å². The molecule has 0 atom stereocenters. The second-order valence-corrected chi connectivity index (χ2v) is 3.06. The van der Waals surface area contributed by atoms with Gasteiger partial charge in [0.1, 0.15) is 6.61 Å². The number of benzene rings is 1. The zero-order valence-electron chi connectivity index (χ0n) is 9.30. The Kier molecular flexibility index (Phi) is 8.65. The minimum Gasteiger partial charge on any atom is -0.497 e. The van der Waals surface area contributed by atoms with Crippen LogP contribution in [-0.2, 0) is 11.2 Å². The molecule has 0 aliphatic heterocycles. The first kappa shape index (κ1) is 14.2. The Morgan fingerprint density at radius 2 is 1.88 bits per heavy atom. The summed E-state index contributed by atoms with van der Waals surface area (Å²) in [5, 5.41) is 0. The molecule has 0 aromatic heterocycles. The van der Waals surface area contributed by atoms with E-state index < -0.39 is 0 Å². The summed E-state index contributed by atoms with van der Waals surface area (Å²) in [6, 6.07) is 10.3. The summed E-state index contributed by atoms with van der Waals surface area (Å²) in [5.41, 5.74) is 1.29. The molecular weight excluding hydrogens is 200 g/mol. The molecule has 86 valence electrons. The smallest absolute Gasteiger partial charge is 0.106 e. The Morgan fingerprint density at radius 1 is 1.12 bits per heavy atom. The van der Waals surface area contributed by atoms with Crippen LogP contribution in [0, 0.1) is 0 Å². The fourth-order valence-electron chi connectivity index (χ4n) is 1.13. The maximum Gasteiger partial charge on any atom is 0.106 e. The van der Waals surface area contributed by atoms with Crippen LogP contribution in [0.5, 0.6) is 0 Å². The average molecular weight is 218 g/mol. The quantitative estimate of drug-likeness (QED) is 0.411. The SMILES string of the molecule is C=CC=CCOC=CCc1ccccc1.O. The molecule has 0 bridgehead atoms. The largest absolute Gasteiger partial charge is 0.497 e. The first-order valence-electron chi connectivity index (χ1n) is 5.01. The van der Waals surface area contributed by atoms with Gasteiger partial charge in [0.05, 0.1) is 6.26 Å². The van der Waals surface area contributed by atoms with Crippen LogP contribution in [0.3, 0.4) is 0 Å². The van der Waals surface area contributed by atoms with Crippen LogP contribution in [0.1, 0.15) is 5.56 Å². The van der Waals surface area contributed by atoms with Gasteiger partial charge in [-0.2, -0.15) is 0 Å². The van der Waals surface area contributed by atoms with Crippen LogP contribution in [0.4, 0.5) is 0 Å². The van der Waals surface area contributed by atoms with E-state index in [-0.39, 0.29) is 5.48 Å². The molecule has 0 amide bonds. The highest BCUT2D eigenvalue weighted by Crippen LogP contribution is 1.99. The highest BCUT2D eigenvalue weighted by Gasteiger charge is 1.84. The predicted octanol–water partition coefficient (Wildman–Crippen LogP) is 2.68. The molecule has 0 saturated heterocycles. The maximum atomic E-state index is 5.24. The highest BCUT2D eigenvalue weighted by atomic mass is 16.5. The second kappa shape index (κ2) is 9.74. The second-order valence-electron chi connectivity index (χ2n) is 3.06. The minimum atomic E-state index is 0. The summed E-state index contributed by atoms with van der Waals surface area (Å²) in [6.07, 6.45) is 10.2. The summed E-state index contributed by atoms with van der Waals surface area (Å²) < 4.78 is 5.24. The normalized spacial score (nSPS) is 10.2. The van der Waals surface area contributed by atoms with E-state index in [9.17, 15) is 0 Å². The van der Waals surface area contributed by atoms with Crippen LogP contribution >= 0.6 is 0 Å². The Bertz CT molecular complexity index is 326. The summed E-state index contributed by atoms with van der Waals surface area (Å²) in [5.74, 6) is 0. The first-order chi connectivity index (χ1) is 7.43. The van der Waals surface area contributed by atoms with E-state index in [0.29, 0.717) is 6.61 Å². The van der Waals surface area contributed by atoms with Crippen molar-refractivity contribution in [3.8, 4) is 0 Å². The Hall–Kier alpha value is -1.80. The summed E-state index contributed by atoms with van der Waals surface area (Å²) in [7, 11) is 0. The van der Waals surface area contributed by atoms with Gasteiger partial charge in [0.15, 0.2) is 0 Å². The van der Waals surface area contributed by atoms with Crippen molar-refractivity contribution in [3.05, 3.63) is 73.0 Å². The molecule has 2 nitrogen and oxygen atoms in total. The molecule has 1 rings (SSSR count). The molecule has 0 unspecified atom stereocenters. The van der Waals surface area contributed by atoms with E-state index in [1.54, 1.807) is 12.3 Å². The standard InChI is InChI=1S/C14H16O.H2O/c1-2-3-7-12-15-13-8-11-14-9-5-4-6-10-14;/h2-10,13H,1,11-12H2;1H2. The zero-order chi connectivity index (χ0) is 10.8. The molecule has 0 saturated carbocycles. The fourth-order valence-corrected chi connectivity index (χ4v) is 1.13. The lowest BCUT2D eigenvalue weighted by Gasteiger charge is -1.95. The molecular formula is C14H18O2. The molecule has 1 aromatic rings. The average Bonchev–Trinajstić information content (AvgIpc) is 2.29. The molecule has 2 N–H and O–H groups in total. The van der Waals surface area contributed by atoms with Gasteiger partial charge in [-0.25, -0.2) is 0 Å². The van der Waals surface area contributed by atoms with Crippen molar-refractivity contribution in [2.75, 3.05) is 6.61 Å². The van der Waals surface area contributed by atoms with Crippen LogP contribution in [0.2, 0.25) is 0 Å². The molecule has 0 aliphatic rings. The van der Waals surface area contributed by atoms with Gasteiger partial charge in [0.25, 0.3) is 0 Å². The van der Waals surface area contributed by atoms with Gasteiger partial charge in [0.2, 0.25) is 0 Å². The summed E-state index contributed by atoms with van der Waals surface area (Å²) >= 11 is 0. The van der Waals surface area contributed by atoms with E-state index >= 15 is 0 Å². The molecule has 0 heterocycles. The van der Waals surface area contributed by atoms with E-state index in [0.717, 1.165) is 6.42 Å². The third-order valence-corrected chi connectivity index (χ3v) is 1.85. The van der Waals surface area contributed by atoms with Gasteiger partial charge in [-0.1, -0.05) is 49.1 Å². The molecule has 1 aromatic carbocycles. The Balaban J connectivity index is 0.00000225. The molecule has 16 heavy (non-hydrogen) atoms. The topological polar surface area (TPSA) is 40.7 Å². The third-order valence-electron chi connectivity index (χ3n) is 1.85.